The fourth-order valence-corrected chi connectivity index (χ4v) is 4.21. The molecule has 1 fully saturated rings. The van der Waals surface area contributed by atoms with Crippen LogP contribution in [0.25, 0.3) is 0 Å². The highest BCUT2D eigenvalue weighted by molar-refractivity contribution is 6.04. The lowest BCUT2D eigenvalue weighted by molar-refractivity contribution is 0.102. The van der Waals surface area contributed by atoms with Crippen molar-refractivity contribution in [2.24, 2.45) is 0 Å². The van der Waals surface area contributed by atoms with Crippen LogP contribution in [0.3, 0.4) is 0 Å². The highest BCUT2D eigenvalue weighted by Crippen LogP contribution is 2.30. The number of aromatic nitrogens is 1. The van der Waals surface area contributed by atoms with E-state index in [0.717, 1.165) is 34.0 Å². The first-order valence-corrected chi connectivity index (χ1v) is 11.3. The molecule has 0 radical (unpaired) electrons. The smallest absolute Gasteiger partial charge is 0.255 e. The molecule has 32 heavy (non-hydrogen) atoms. The number of carbonyl (C=O) groups excluding carboxylic acids is 1. The first-order valence-electron chi connectivity index (χ1n) is 11.3. The highest BCUT2D eigenvalue weighted by Gasteiger charge is 2.21. The molecular formula is C26H27FN4O. The van der Waals surface area contributed by atoms with Crippen LogP contribution in [0.1, 0.15) is 47.3 Å². The molecule has 1 saturated carbocycles. The number of anilines is 4. The van der Waals surface area contributed by atoms with E-state index in [2.05, 4.69) is 20.9 Å². The molecule has 0 aliphatic heterocycles. The summed E-state index contributed by atoms with van der Waals surface area (Å²) in [7, 11) is 0. The van der Waals surface area contributed by atoms with Gasteiger partial charge >= 0.3 is 0 Å². The van der Waals surface area contributed by atoms with Gasteiger partial charge in [-0.1, -0.05) is 0 Å². The number of amides is 1. The fraction of sp³-hybridized carbons (Fsp3) is 0.308. The molecule has 3 N–H and O–H groups in total. The minimum Gasteiger partial charge on any atom is -0.382 e. The van der Waals surface area contributed by atoms with Crippen LogP contribution in [-0.4, -0.2) is 23.1 Å². The van der Waals surface area contributed by atoms with E-state index in [-0.39, 0.29) is 5.91 Å². The van der Waals surface area contributed by atoms with Gasteiger partial charge in [-0.25, -0.2) is 4.39 Å². The molecule has 1 atom stereocenters. The third-order valence-corrected chi connectivity index (χ3v) is 6.31. The number of hydrogen-bond donors (Lipinski definition) is 3. The molecule has 5 nitrogen and oxygen atoms in total. The number of pyridine rings is 1. The molecular weight excluding hydrogens is 403 g/mol. The van der Waals surface area contributed by atoms with Crippen molar-refractivity contribution >= 4 is 28.7 Å². The summed E-state index contributed by atoms with van der Waals surface area (Å²) in [5.41, 5.74) is 6.07. The van der Waals surface area contributed by atoms with E-state index in [0.29, 0.717) is 30.9 Å². The second-order valence-electron chi connectivity index (χ2n) is 8.63. The van der Waals surface area contributed by atoms with Gasteiger partial charge in [-0.15, -0.1) is 0 Å². The second kappa shape index (κ2) is 8.99. The normalized spacial score (nSPS) is 17.7. The second-order valence-corrected chi connectivity index (χ2v) is 8.63. The van der Waals surface area contributed by atoms with Crippen molar-refractivity contribution in [3.63, 3.8) is 0 Å². The molecule has 1 unspecified atom stereocenters. The van der Waals surface area contributed by atoms with Crippen LogP contribution in [-0.2, 0) is 12.8 Å². The van der Waals surface area contributed by atoms with Crippen LogP contribution in [0.4, 0.5) is 27.1 Å². The zero-order chi connectivity index (χ0) is 21.9. The lowest BCUT2D eigenvalue weighted by Gasteiger charge is -2.27. The van der Waals surface area contributed by atoms with Crippen LogP contribution in [0.2, 0.25) is 0 Å². The van der Waals surface area contributed by atoms with Gasteiger partial charge in [-0.05, 0) is 92.3 Å². The lowest BCUT2D eigenvalue weighted by Crippen LogP contribution is -2.26. The zero-order valence-electron chi connectivity index (χ0n) is 17.9. The molecule has 1 heterocycles. The van der Waals surface area contributed by atoms with Crippen molar-refractivity contribution < 1.29 is 9.18 Å². The van der Waals surface area contributed by atoms with E-state index in [1.165, 1.54) is 19.3 Å². The van der Waals surface area contributed by atoms with Crippen molar-refractivity contribution in [2.45, 2.75) is 50.7 Å². The third-order valence-electron chi connectivity index (χ3n) is 6.31. The molecule has 3 aromatic rings. The number of nitrogens with zero attached hydrogens (tertiary/aromatic N) is 1. The molecule has 5 rings (SSSR count). The molecule has 1 amide bonds. The monoisotopic (exact) mass is 430 g/mol. The summed E-state index contributed by atoms with van der Waals surface area (Å²) in [6, 6.07) is 17.6. The number of rotatable bonds is 6. The average Bonchev–Trinajstić information content (AvgIpc) is 2.78. The number of nitrogens with one attached hydrogen (secondary N) is 3. The summed E-state index contributed by atoms with van der Waals surface area (Å²) in [6.07, 6.45) is 6.28. The van der Waals surface area contributed by atoms with Gasteiger partial charge in [0.2, 0.25) is 0 Å². The van der Waals surface area contributed by atoms with Gasteiger partial charge in [0, 0.05) is 52.7 Å². The summed E-state index contributed by atoms with van der Waals surface area (Å²) in [4.78, 5) is 17.0. The van der Waals surface area contributed by atoms with Crippen molar-refractivity contribution in [1.82, 2.24) is 4.98 Å². The summed E-state index contributed by atoms with van der Waals surface area (Å²) in [5, 5.41) is 9.79. The Morgan fingerprint density at radius 3 is 2.34 bits per heavy atom. The van der Waals surface area contributed by atoms with E-state index < -0.39 is 6.17 Å². The number of benzene rings is 2. The van der Waals surface area contributed by atoms with Crippen molar-refractivity contribution in [3.05, 3.63) is 77.6 Å². The van der Waals surface area contributed by atoms with E-state index in [1.807, 2.05) is 42.5 Å². The molecule has 1 aromatic heterocycles. The first-order chi connectivity index (χ1) is 15.6. The van der Waals surface area contributed by atoms with Crippen LogP contribution < -0.4 is 16.0 Å². The molecule has 0 spiro atoms. The number of fused-ring (bicyclic) bond motifs is 1. The molecule has 2 aliphatic carbocycles. The van der Waals surface area contributed by atoms with Gasteiger partial charge in [0.25, 0.3) is 5.91 Å². The largest absolute Gasteiger partial charge is 0.382 e. The maximum atomic E-state index is 13.9. The molecule has 6 heteroatoms. The van der Waals surface area contributed by atoms with Crippen LogP contribution in [0.15, 0.2) is 60.8 Å². The summed E-state index contributed by atoms with van der Waals surface area (Å²) in [6.45, 7) is 0. The van der Waals surface area contributed by atoms with Crippen molar-refractivity contribution in [1.29, 1.82) is 0 Å². The van der Waals surface area contributed by atoms with E-state index in [1.54, 1.807) is 18.3 Å². The zero-order valence-corrected chi connectivity index (χ0v) is 17.9. The van der Waals surface area contributed by atoms with Crippen molar-refractivity contribution in [3.8, 4) is 0 Å². The number of halogens is 1. The maximum absolute atomic E-state index is 13.9. The van der Waals surface area contributed by atoms with Gasteiger partial charge in [0.1, 0.15) is 6.17 Å². The number of aryl methyl sites for hydroxylation is 1. The Labute approximate surface area is 187 Å². The minimum absolute atomic E-state index is 0.155. The predicted octanol–water partition coefficient (Wildman–Crippen LogP) is 5.87. The Kier molecular flexibility index (Phi) is 5.75. The van der Waals surface area contributed by atoms with Gasteiger partial charge in [0.15, 0.2) is 0 Å². The predicted molar refractivity (Wildman–Crippen MR) is 127 cm³/mol. The Hall–Kier alpha value is -3.41. The summed E-state index contributed by atoms with van der Waals surface area (Å²) >= 11 is 0. The third kappa shape index (κ3) is 4.59. The number of carbonyl (C=O) groups is 1. The number of alkyl halides is 1. The Morgan fingerprint density at radius 2 is 1.62 bits per heavy atom. The summed E-state index contributed by atoms with van der Waals surface area (Å²) in [5.74, 6) is -0.155. The van der Waals surface area contributed by atoms with Gasteiger partial charge in [-0.3, -0.25) is 9.78 Å². The minimum atomic E-state index is -0.818. The Bertz CT molecular complexity index is 1090. The Morgan fingerprint density at radius 1 is 0.906 bits per heavy atom. The van der Waals surface area contributed by atoms with E-state index in [4.69, 9.17) is 0 Å². The van der Waals surface area contributed by atoms with Gasteiger partial charge < -0.3 is 16.0 Å². The molecule has 2 aromatic carbocycles. The first kappa shape index (κ1) is 20.5. The SMILES string of the molecule is O=C(Nc1ccc(NC2CCC2)cc1)c1ccc(Nc2ccnc3c2CC(F)CC3)cc1. The van der Waals surface area contributed by atoms with Crippen LogP contribution in [0, 0.1) is 0 Å². The topological polar surface area (TPSA) is 66.1 Å². The molecule has 0 bridgehead atoms. The Balaban J connectivity index is 1.21. The molecule has 0 saturated heterocycles. The molecule has 2 aliphatic rings. The summed E-state index contributed by atoms with van der Waals surface area (Å²) < 4.78 is 13.9. The fourth-order valence-electron chi connectivity index (χ4n) is 4.21. The van der Waals surface area contributed by atoms with E-state index in [9.17, 15) is 9.18 Å². The highest BCUT2D eigenvalue weighted by atomic mass is 19.1. The molecule has 164 valence electrons. The van der Waals surface area contributed by atoms with Gasteiger partial charge in [-0.2, -0.15) is 0 Å². The van der Waals surface area contributed by atoms with Crippen LogP contribution >= 0.6 is 0 Å². The lowest BCUT2D eigenvalue weighted by atomic mass is 9.93. The van der Waals surface area contributed by atoms with Gasteiger partial charge in [0.05, 0.1) is 0 Å². The quantitative estimate of drug-likeness (QED) is 0.458. The van der Waals surface area contributed by atoms with Crippen LogP contribution in [0.5, 0.6) is 0 Å². The van der Waals surface area contributed by atoms with E-state index >= 15 is 0 Å². The standard InChI is InChI=1S/C26H27FN4O/c27-18-6-13-24-23(16-18)25(14-15-28-24)30-21-7-4-17(5-8-21)26(32)31-22-11-9-20(10-12-22)29-19-2-1-3-19/h4-5,7-12,14-15,18-19,29H,1-3,6,13,16H2,(H,28,30)(H,31,32). The average molecular weight is 431 g/mol. The van der Waals surface area contributed by atoms with Crippen molar-refractivity contribution in [2.75, 3.05) is 16.0 Å². The maximum Gasteiger partial charge on any atom is 0.255 e. The number of hydrogen-bond acceptors (Lipinski definition) is 4.